The van der Waals surface area contributed by atoms with Crippen LogP contribution in [0.4, 0.5) is 34.1 Å². The highest BCUT2D eigenvalue weighted by atomic mass is 15.2. The Hall–Kier alpha value is -11.5. The molecule has 107 heavy (non-hydrogen) atoms. The molecule has 0 bridgehead atoms. The smallest absolute Gasteiger partial charge is 0.252 e. The van der Waals surface area contributed by atoms with E-state index in [-0.39, 0.29) is 34.9 Å². The summed E-state index contributed by atoms with van der Waals surface area (Å²) in [6.07, 6.45) is 11.9. The van der Waals surface area contributed by atoms with Crippen LogP contribution in [0.3, 0.4) is 0 Å². The summed E-state index contributed by atoms with van der Waals surface area (Å²) in [4.78, 5) is 8.24. The maximum Gasteiger partial charge on any atom is 0.252 e. The second-order valence-corrected chi connectivity index (χ2v) is 34.0. The lowest BCUT2D eigenvalue weighted by Crippen LogP contribution is -2.62. The van der Waals surface area contributed by atoms with Gasteiger partial charge in [-0.15, -0.1) is 0 Å². The molecule has 4 aliphatic rings. The topological polar surface area (TPSA) is 9.72 Å². The Kier molecular flexibility index (Phi) is 15.9. The Morgan fingerprint density at radius 1 is 0.346 bits per heavy atom. The number of para-hydroxylation sites is 1. The summed E-state index contributed by atoms with van der Waals surface area (Å²) in [6, 6.07) is 110. The number of allylic oxidation sites excluding steroid dienone is 2. The molecule has 0 saturated heterocycles. The first kappa shape index (κ1) is 66.2. The quantitative estimate of drug-likeness (QED) is 0.0647. The van der Waals surface area contributed by atoms with E-state index in [2.05, 4.69) is 386 Å². The first-order valence-corrected chi connectivity index (χ1v) is 38.8. The van der Waals surface area contributed by atoms with Crippen LogP contribution in [-0.2, 0) is 30.1 Å². The van der Waals surface area contributed by atoms with Crippen molar-refractivity contribution in [2.75, 3.05) is 27.8 Å². The van der Waals surface area contributed by atoms with Crippen LogP contribution in [0, 0.1) is 5.41 Å². The molecule has 4 heteroatoms. The van der Waals surface area contributed by atoms with Crippen molar-refractivity contribution in [1.29, 1.82) is 0 Å². The molecule has 3 nitrogen and oxygen atoms in total. The number of fused-ring (bicyclic) bond motifs is 9. The minimum atomic E-state index is -0.117. The monoisotopic (exact) mass is 1380 g/mol. The van der Waals surface area contributed by atoms with Gasteiger partial charge in [0.05, 0.1) is 6.04 Å². The molecule has 520 valence electrons. The predicted octanol–water partition coefficient (Wildman–Crippen LogP) is 24.9. The zero-order valence-electron chi connectivity index (χ0n) is 63.1. The summed E-state index contributed by atoms with van der Waals surface area (Å²) in [6.45, 7) is 22.8. The summed E-state index contributed by atoms with van der Waals surface area (Å²) in [5.41, 5.74) is 32.2. The third kappa shape index (κ3) is 11.5. The Balaban J connectivity index is 0.871. The number of rotatable bonds is 13. The largest absolute Gasteiger partial charge is 0.342 e. The van der Waals surface area contributed by atoms with Crippen LogP contribution in [0.2, 0.25) is 0 Å². The SMILES string of the molecule is CC(C)(C)Cc1cc2c3c(c1)N(CCc1c(-c4ccccc4)cc(C(C)(C)C)cc1-c1ccccc1)c1cc(N4c5ccccc5C5C=CC=CC54)ccc1B3c1cc(-c3cc4cccc5c6cccc7cccc(c(c3)c45)c76)ccc1N2CCc1c(-c2ccccc2)cc(C(C)(C)C)cc1-c1ccccc1. The molecule has 3 heterocycles. The highest BCUT2D eigenvalue weighted by Gasteiger charge is 2.45. The lowest BCUT2D eigenvalue weighted by atomic mass is 9.33. The second kappa shape index (κ2) is 25.7. The molecular weight excluding hydrogens is 1290 g/mol. The maximum atomic E-state index is 2.81. The van der Waals surface area contributed by atoms with E-state index in [1.165, 1.54) is 183 Å². The molecule has 2 unspecified atom stereocenters. The molecule has 1 aliphatic carbocycles. The average molecular weight is 1380 g/mol. The van der Waals surface area contributed by atoms with Gasteiger partial charge in [-0.1, -0.05) is 323 Å². The molecule has 19 rings (SSSR count). The van der Waals surface area contributed by atoms with Crippen molar-refractivity contribution >= 4 is 100 Å². The summed E-state index contributed by atoms with van der Waals surface area (Å²) >= 11 is 0. The second-order valence-electron chi connectivity index (χ2n) is 34.0. The van der Waals surface area contributed by atoms with Gasteiger partial charge in [-0.25, -0.2) is 0 Å². The van der Waals surface area contributed by atoms with Crippen molar-refractivity contribution in [1.82, 2.24) is 0 Å². The van der Waals surface area contributed by atoms with E-state index in [1.807, 2.05) is 0 Å². The van der Waals surface area contributed by atoms with E-state index < -0.39 is 0 Å². The van der Waals surface area contributed by atoms with Gasteiger partial charge in [0, 0.05) is 53.1 Å². The first-order valence-electron chi connectivity index (χ1n) is 38.8. The standard InChI is InChI=1S/C103H90BN3/c1-101(2,3)65-66-55-96-100-97(56-66)106(54-52-79-87(69-33-18-12-19-34-69)62-76(103(7,8)9)63-88(79)70-35-20-13-21-36-70)95-64-77(107-92-45-24-22-40-80(92)81-41-23-25-46-93(81)107)48-49-90(95)104(100)91-59-72(74-57-73-39-28-43-83-82-42-26-37-71-38-27-44-84(98(71)82)89(58-74)99(73)83)47-50-94(91)105(96)53-51-78-85(67-29-14-10-15-30-67)60-75(102(4,5)6)61-86(78)68-31-16-11-17-32-68/h10-50,55-64,80,92H,51-54,65H2,1-9H3. The molecule has 15 aromatic carbocycles. The molecule has 0 saturated carbocycles. The van der Waals surface area contributed by atoms with Gasteiger partial charge in [0.2, 0.25) is 0 Å². The Morgan fingerprint density at radius 2 is 0.832 bits per heavy atom. The third-order valence-corrected chi connectivity index (χ3v) is 23.8. The Morgan fingerprint density at radius 3 is 1.36 bits per heavy atom. The van der Waals surface area contributed by atoms with Crippen LogP contribution in [0.5, 0.6) is 0 Å². The van der Waals surface area contributed by atoms with Gasteiger partial charge < -0.3 is 14.7 Å². The van der Waals surface area contributed by atoms with Crippen LogP contribution >= 0.6 is 0 Å². The molecule has 0 radical (unpaired) electrons. The molecule has 3 aliphatic heterocycles. The van der Waals surface area contributed by atoms with Crippen LogP contribution in [0.15, 0.2) is 309 Å². The zero-order chi connectivity index (χ0) is 72.6. The summed E-state index contributed by atoms with van der Waals surface area (Å²) in [5, 5.41) is 10.4. The fourth-order valence-corrected chi connectivity index (χ4v) is 18.8. The maximum absolute atomic E-state index is 2.81. The number of anilines is 6. The van der Waals surface area contributed by atoms with Gasteiger partial charge in [-0.2, -0.15) is 0 Å². The fraction of sp³-hybridized carbons (Fsp3) is 0.184. The van der Waals surface area contributed by atoms with E-state index in [0.717, 1.165) is 32.4 Å². The van der Waals surface area contributed by atoms with Gasteiger partial charge in [-0.3, -0.25) is 0 Å². The van der Waals surface area contributed by atoms with Gasteiger partial charge in [0.15, 0.2) is 0 Å². The molecule has 0 fully saturated rings. The van der Waals surface area contributed by atoms with E-state index in [4.69, 9.17) is 0 Å². The summed E-state index contributed by atoms with van der Waals surface area (Å²) in [5.74, 6) is 0.243. The van der Waals surface area contributed by atoms with Crippen molar-refractivity contribution in [3.05, 3.63) is 343 Å². The third-order valence-electron chi connectivity index (χ3n) is 23.8. The van der Waals surface area contributed by atoms with Crippen molar-refractivity contribution < 1.29 is 0 Å². The molecule has 0 amide bonds. The zero-order valence-corrected chi connectivity index (χ0v) is 63.1. The van der Waals surface area contributed by atoms with Gasteiger partial charge in [-0.05, 0) is 233 Å². The lowest BCUT2D eigenvalue weighted by molar-refractivity contribution is 0.411. The molecule has 0 N–H and O–H groups in total. The Labute approximate surface area is 632 Å². The van der Waals surface area contributed by atoms with E-state index in [9.17, 15) is 0 Å². The minimum absolute atomic E-state index is 0.0135. The van der Waals surface area contributed by atoms with E-state index in [0.29, 0.717) is 0 Å². The summed E-state index contributed by atoms with van der Waals surface area (Å²) in [7, 11) is 0. The summed E-state index contributed by atoms with van der Waals surface area (Å²) < 4.78 is 0. The highest BCUT2D eigenvalue weighted by Crippen LogP contribution is 2.51. The Bertz CT molecular complexity index is 5940. The highest BCUT2D eigenvalue weighted by molar-refractivity contribution is 7.00. The first-order chi connectivity index (χ1) is 52.0. The molecule has 0 spiro atoms. The van der Waals surface area contributed by atoms with Crippen LogP contribution < -0.4 is 31.1 Å². The molecule has 0 aromatic heterocycles. The normalized spacial score (nSPS) is 15.2. The van der Waals surface area contributed by atoms with Crippen molar-refractivity contribution in [2.45, 2.75) is 104 Å². The predicted molar refractivity (Wildman–Crippen MR) is 461 cm³/mol. The number of hydrogen-bond acceptors (Lipinski definition) is 3. The van der Waals surface area contributed by atoms with Crippen molar-refractivity contribution in [3.63, 3.8) is 0 Å². The minimum Gasteiger partial charge on any atom is -0.342 e. The number of hydrogen-bond donors (Lipinski definition) is 0. The van der Waals surface area contributed by atoms with Crippen LogP contribution in [-0.4, -0.2) is 25.8 Å². The van der Waals surface area contributed by atoms with E-state index >= 15 is 0 Å². The van der Waals surface area contributed by atoms with Gasteiger partial charge >= 0.3 is 0 Å². The van der Waals surface area contributed by atoms with Crippen molar-refractivity contribution in [2.24, 2.45) is 5.41 Å². The molecular formula is C103H90BN3. The molecule has 2 atom stereocenters. The van der Waals surface area contributed by atoms with Gasteiger partial charge in [0.25, 0.3) is 6.71 Å². The van der Waals surface area contributed by atoms with Crippen LogP contribution in [0.1, 0.15) is 102 Å². The number of benzene rings is 15. The van der Waals surface area contributed by atoms with Gasteiger partial charge in [0.1, 0.15) is 0 Å². The average Bonchev–Trinajstić information content (AvgIpc) is 0.732. The van der Waals surface area contributed by atoms with Crippen LogP contribution in [0.25, 0.3) is 98.7 Å². The molecule has 15 aromatic rings. The fourth-order valence-electron chi connectivity index (χ4n) is 18.8. The lowest BCUT2D eigenvalue weighted by Gasteiger charge is -2.45. The number of nitrogens with zero attached hydrogens (tertiary/aromatic N) is 3. The van der Waals surface area contributed by atoms with Crippen molar-refractivity contribution in [3.8, 4) is 55.6 Å². The van der Waals surface area contributed by atoms with E-state index in [1.54, 1.807) is 0 Å².